The van der Waals surface area contributed by atoms with Crippen molar-refractivity contribution in [2.45, 2.75) is 31.7 Å². The highest BCUT2D eigenvalue weighted by Gasteiger charge is 2.32. The quantitative estimate of drug-likeness (QED) is 0.766. The lowest BCUT2D eigenvalue weighted by molar-refractivity contribution is -0.122. The molecule has 0 heterocycles. The largest absolute Gasteiger partial charge is 0.478 e. The predicted octanol–water partition coefficient (Wildman–Crippen LogP) is 1.86. The zero-order valence-corrected chi connectivity index (χ0v) is 12.2. The molecule has 5 nitrogen and oxygen atoms in total. The number of rotatable bonds is 8. The van der Waals surface area contributed by atoms with Gasteiger partial charge in [-0.2, -0.15) is 0 Å². The summed E-state index contributed by atoms with van der Waals surface area (Å²) in [5, 5.41) is 12.1. The minimum atomic E-state index is -0.957. The van der Waals surface area contributed by atoms with E-state index in [4.69, 9.17) is 9.84 Å². The minimum Gasteiger partial charge on any atom is -0.478 e. The third kappa shape index (κ3) is 4.56. The SMILES string of the molecule is COCC(NC(=O)CCc1ccccc1C(=O)O)C1CC1. The molecular formula is C16H21NO4. The van der Waals surface area contributed by atoms with Crippen molar-refractivity contribution in [3.05, 3.63) is 35.4 Å². The Labute approximate surface area is 124 Å². The Hall–Kier alpha value is -1.88. The molecule has 0 spiro atoms. The summed E-state index contributed by atoms with van der Waals surface area (Å²) in [7, 11) is 1.63. The average molecular weight is 291 g/mol. The standard InChI is InChI=1S/C16H21NO4/c1-21-10-14(12-6-7-12)17-15(18)9-8-11-4-2-3-5-13(11)16(19)20/h2-5,12,14H,6-10H2,1H3,(H,17,18)(H,19,20). The number of ether oxygens (including phenoxy) is 1. The summed E-state index contributed by atoms with van der Waals surface area (Å²) in [6.45, 7) is 0.530. The molecule has 1 aliphatic rings. The van der Waals surface area contributed by atoms with Crippen LogP contribution >= 0.6 is 0 Å². The van der Waals surface area contributed by atoms with Gasteiger partial charge in [0.15, 0.2) is 0 Å². The Morgan fingerprint density at radius 3 is 2.71 bits per heavy atom. The number of carbonyl (C=O) groups excluding carboxylic acids is 1. The maximum absolute atomic E-state index is 12.0. The van der Waals surface area contributed by atoms with Crippen LogP contribution in [0.2, 0.25) is 0 Å². The minimum absolute atomic E-state index is 0.0517. The third-order valence-corrected chi connectivity index (χ3v) is 3.75. The van der Waals surface area contributed by atoms with Crippen LogP contribution in [0.15, 0.2) is 24.3 Å². The number of aromatic carboxylic acids is 1. The third-order valence-electron chi connectivity index (χ3n) is 3.75. The number of carboxylic acid groups (broad SMARTS) is 1. The van der Waals surface area contributed by atoms with E-state index in [-0.39, 0.29) is 23.9 Å². The van der Waals surface area contributed by atoms with E-state index < -0.39 is 5.97 Å². The van der Waals surface area contributed by atoms with Crippen LogP contribution in [-0.4, -0.2) is 36.7 Å². The molecule has 5 heteroatoms. The fourth-order valence-corrected chi connectivity index (χ4v) is 2.45. The average Bonchev–Trinajstić information content (AvgIpc) is 3.29. The number of carboxylic acids is 1. The van der Waals surface area contributed by atoms with Crippen molar-refractivity contribution in [1.82, 2.24) is 5.32 Å². The monoisotopic (exact) mass is 291 g/mol. The molecule has 0 aliphatic heterocycles. The van der Waals surface area contributed by atoms with E-state index in [1.54, 1.807) is 31.4 Å². The first-order valence-corrected chi connectivity index (χ1v) is 7.21. The zero-order chi connectivity index (χ0) is 15.2. The lowest BCUT2D eigenvalue weighted by Crippen LogP contribution is -2.39. The molecule has 0 aromatic heterocycles. The van der Waals surface area contributed by atoms with E-state index in [0.29, 0.717) is 24.5 Å². The molecular weight excluding hydrogens is 270 g/mol. The van der Waals surface area contributed by atoms with E-state index in [9.17, 15) is 9.59 Å². The molecule has 1 aliphatic carbocycles. The first-order chi connectivity index (χ1) is 10.1. The molecule has 2 rings (SSSR count). The van der Waals surface area contributed by atoms with Crippen LogP contribution in [0.1, 0.15) is 35.2 Å². The van der Waals surface area contributed by atoms with Gasteiger partial charge >= 0.3 is 5.97 Å². The van der Waals surface area contributed by atoms with Gasteiger partial charge in [0.25, 0.3) is 0 Å². The van der Waals surface area contributed by atoms with Gasteiger partial charge in [-0.05, 0) is 36.8 Å². The molecule has 0 radical (unpaired) electrons. The Kier molecular flexibility index (Phi) is 5.33. The van der Waals surface area contributed by atoms with Crippen molar-refractivity contribution in [1.29, 1.82) is 0 Å². The lowest BCUT2D eigenvalue weighted by atomic mass is 10.0. The molecule has 21 heavy (non-hydrogen) atoms. The van der Waals surface area contributed by atoms with Crippen LogP contribution in [0.3, 0.4) is 0 Å². The van der Waals surface area contributed by atoms with Crippen molar-refractivity contribution < 1.29 is 19.4 Å². The molecule has 2 N–H and O–H groups in total. The van der Waals surface area contributed by atoms with E-state index in [1.807, 2.05) is 0 Å². The van der Waals surface area contributed by atoms with Gasteiger partial charge in [-0.3, -0.25) is 4.79 Å². The second-order valence-corrected chi connectivity index (χ2v) is 5.43. The Bertz CT molecular complexity index is 511. The fourth-order valence-electron chi connectivity index (χ4n) is 2.45. The number of methoxy groups -OCH3 is 1. The molecule has 1 unspecified atom stereocenters. The van der Waals surface area contributed by atoms with Crippen molar-refractivity contribution in [3.8, 4) is 0 Å². The number of aryl methyl sites for hydroxylation is 1. The smallest absolute Gasteiger partial charge is 0.335 e. The summed E-state index contributed by atoms with van der Waals surface area (Å²) >= 11 is 0. The number of carbonyl (C=O) groups is 2. The molecule has 114 valence electrons. The molecule has 1 aromatic carbocycles. The molecule has 1 atom stereocenters. The Morgan fingerprint density at radius 1 is 1.38 bits per heavy atom. The predicted molar refractivity (Wildman–Crippen MR) is 78.3 cm³/mol. The second kappa shape index (κ2) is 7.22. The van der Waals surface area contributed by atoms with Crippen molar-refractivity contribution in [3.63, 3.8) is 0 Å². The van der Waals surface area contributed by atoms with Gasteiger partial charge < -0.3 is 15.2 Å². The molecule has 1 fully saturated rings. The van der Waals surface area contributed by atoms with Gasteiger partial charge in [-0.15, -0.1) is 0 Å². The lowest BCUT2D eigenvalue weighted by Gasteiger charge is -2.17. The fraction of sp³-hybridized carbons (Fsp3) is 0.500. The summed E-state index contributed by atoms with van der Waals surface area (Å²) in [6.07, 6.45) is 2.99. The summed E-state index contributed by atoms with van der Waals surface area (Å²) in [4.78, 5) is 23.1. The van der Waals surface area contributed by atoms with Gasteiger partial charge in [-0.25, -0.2) is 4.79 Å². The van der Waals surface area contributed by atoms with Crippen LogP contribution in [0.5, 0.6) is 0 Å². The first kappa shape index (κ1) is 15.5. The van der Waals surface area contributed by atoms with E-state index in [2.05, 4.69) is 5.32 Å². The first-order valence-electron chi connectivity index (χ1n) is 7.21. The number of benzene rings is 1. The number of hydrogen-bond acceptors (Lipinski definition) is 3. The van der Waals surface area contributed by atoms with Gasteiger partial charge in [-0.1, -0.05) is 18.2 Å². The summed E-state index contributed by atoms with van der Waals surface area (Å²) in [5.41, 5.74) is 0.954. The number of nitrogens with one attached hydrogen (secondary N) is 1. The topological polar surface area (TPSA) is 75.6 Å². The number of hydrogen-bond donors (Lipinski definition) is 2. The summed E-state index contributed by atoms with van der Waals surface area (Å²) in [5.74, 6) is -0.481. The highest BCUT2D eigenvalue weighted by Crippen LogP contribution is 2.32. The van der Waals surface area contributed by atoms with Crippen LogP contribution < -0.4 is 5.32 Å². The highest BCUT2D eigenvalue weighted by atomic mass is 16.5. The summed E-state index contributed by atoms with van der Waals surface area (Å²) < 4.78 is 5.13. The van der Waals surface area contributed by atoms with Gasteiger partial charge in [0.05, 0.1) is 18.2 Å². The van der Waals surface area contributed by atoms with Gasteiger partial charge in [0.1, 0.15) is 0 Å². The maximum Gasteiger partial charge on any atom is 0.335 e. The number of amides is 1. The molecule has 0 bridgehead atoms. The van der Waals surface area contributed by atoms with Crippen LogP contribution in [0.25, 0.3) is 0 Å². The van der Waals surface area contributed by atoms with Crippen LogP contribution in [0, 0.1) is 5.92 Å². The Balaban J connectivity index is 1.87. The highest BCUT2D eigenvalue weighted by molar-refractivity contribution is 5.89. The van der Waals surface area contributed by atoms with Gasteiger partial charge in [0, 0.05) is 13.5 Å². The molecule has 1 amide bonds. The normalized spacial score (nSPS) is 15.5. The van der Waals surface area contributed by atoms with E-state index >= 15 is 0 Å². The van der Waals surface area contributed by atoms with Gasteiger partial charge in [0.2, 0.25) is 5.91 Å². The molecule has 0 saturated heterocycles. The summed E-state index contributed by atoms with van der Waals surface area (Å²) in [6, 6.07) is 6.88. The van der Waals surface area contributed by atoms with Crippen molar-refractivity contribution in [2.75, 3.05) is 13.7 Å². The molecule has 1 aromatic rings. The van der Waals surface area contributed by atoms with E-state index in [0.717, 1.165) is 12.8 Å². The zero-order valence-electron chi connectivity index (χ0n) is 12.2. The van der Waals surface area contributed by atoms with Crippen LogP contribution in [0.4, 0.5) is 0 Å². The van der Waals surface area contributed by atoms with E-state index in [1.165, 1.54) is 0 Å². The van der Waals surface area contributed by atoms with Crippen molar-refractivity contribution in [2.24, 2.45) is 5.92 Å². The van der Waals surface area contributed by atoms with Crippen molar-refractivity contribution >= 4 is 11.9 Å². The molecule has 1 saturated carbocycles. The maximum atomic E-state index is 12.0. The second-order valence-electron chi connectivity index (χ2n) is 5.43. The van der Waals surface area contributed by atoms with Crippen LogP contribution in [-0.2, 0) is 16.0 Å². The Morgan fingerprint density at radius 2 is 2.10 bits per heavy atom.